The Kier molecular flexibility index (Phi) is 4.49. The van der Waals surface area contributed by atoms with Crippen molar-refractivity contribution >= 4 is 5.97 Å². The van der Waals surface area contributed by atoms with Crippen molar-refractivity contribution in [3.63, 3.8) is 0 Å². The van der Waals surface area contributed by atoms with Crippen molar-refractivity contribution in [1.82, 2.24) is 9.55 Å². The smallest absolute Gasteiger partial charge is 0.354 e. The van der Waals surface area contributed by atoms with E-state index in [1.165, 1.54) is 0 Å². The van der Waals surface area contributed by atoms with Gasteiger partial charge in [-0.3, -0.25) is 0 Å². The van der Waals surface area contributed by atoms with Gasteiger partial charge in [0.15, 0.2) is 0 Å². The van der Waals surface area contributed by atoms with Crippen LogP contribution in [0.25, 0.3) is 0 Å². The van der Waals surface area contributed by atoms with Crippen molar-refractivity contribution in [2.24, 2.45) is 0 Å². The van der Waals surface area contributed by atoms with Gasteiger partial charge < -0.3 is 14.4 Å². The largest absolute Gasteiger partial charge is 0.477 e. The van der Waals surface area contributed by atoms with Gasteiger partial charge in [0, 0.05) is 13.2 Å². The van der Waals surface area contributed by atoms with E-state index in [0.717, 1.165) is 6.42 Å². The number of aromatic nitrogens is 2. The summed E-state index contributed by atoms with van der Waals surface area (Å²) in [6.07, 6.45) is 2.56. The van der Waals surface area contributed by atoms with Crippen LogP contribution in [0.5, 0.6) is 0 Å². The van der Waals surface area contributed by atoms with Crippen LogP contribution >= 0.6 is 0 Å². The van der Waals surface area contributed by atoms with E-state index in [1.807, 2.05) is 13.8 Å². The summed E-state index contributed by atoms with van der Waals surface area (Å²) in [5.41, 5.74) is 0.821. The minimum Gasteiger partial charge on any atom is -0.477 e. The summed E-state index contributed by atoms with van der Waals surface area (Å²) >= 11 is 0. The summed E-state index contributed by atoms with van der Waals surface area (Å²) in [7, 11) is 0. The van der Waals surface area contributed by atoms with Crippen LogP contribution in [0.3, 0.4) is 0 Å². The molecule has 5 heteroatoms. The molecule has 1 N–H and O–H groups in total. The van der Waals surface area contributed by atoms with Crippen LogP contribution in [0.15, 0.2) is 6.33 Å². The molecule has 1 heterocycles. The van der Waals surface area contributed by atoms with Crippen molar-refractivity contribution in [2.75, 3.05) is 6.61 Å². The molecule has 90 valence electrons. The van der Waals surface area contributed by atoms with E-state index in [9.17, 15) is 4.79 Å². The number of nitrogens with zero attached hydrogens (tertiary/aromatic N) is 2. The van der Waals surface area contributed by atoms with E-state index >= 15 is 0 Å². The first kappa shape index (κ1) is 12.7. The van der Waals surface area contributed by atoms with Crippen LogP contribution in [0.4, 0.5) is 0 Å². The second-order valence-corrected chi connectivity index (χ2v) is 3.95. The molecule has 0 aliphatic carbocycles. The molecule has 1 aromatic heterocycles. The highest BCUT2D eigenvalue weighted by Gasteiger charge is 2.13. The molecule has 0 saturated carbocycles. The number of imidazole rings is 1. The zero-order valence-corrected chi connectivity index (χ0v) is 9.93. The molecule has 0 aromatic carbocycles. The normalized spacial score (nSPS) is 11.0. The fraction of sp³-hybridized carbons (Fsp3) is 0.636. The van der Waals surface area contributed by atoms with Gasteiger partial charge >= 0.3 is 5.97 Å². The third-order valence-electron chi connectivity index (χ3n) is 2.22. The fourth-order valence-electron chi connectivity index (χ4n) is 1.48. The number of aromatic carboxylic acids is 1. The lowest BCUT2D eigenvalue weighted by atomic mass is 10.3. The van der Waals surface area contributed by atoms with Crippen molar-refractivity contribution in [3.05, 3.63) is 17.7 Å². The molecule has 16 heavy (non-hydrogen) atoms. The number of carboxylic acids is 1. The first-order valence-electron chi connectivity index (χ1n) is 5.39. The van der Waals surface area contributed by atoms with Crippen LogP contribution in [0.2, 0.25) is 0 Å². The van der Waals surface area contributed by atoms with Crippen molar-refractivity contribution < 1.29 is 14.6 Å². The Morgan fingerprint density at radius 2 is 2.31 bits per heavy atom. The van der Waals surface area contributed by atoms with Gasteiger partial charge in [0.1, 0.15) is 5.69 Å². The Hall–Kier alpha value is -1.36. The zero-order chi connectivity index (χ0) is 12.1. The fourth-order valence-corrected chi connectivity index (χ4v) is 1.48. The van der Waals surface area contributed by atoms with Crippen LogP contribution in [-0.2, 0) is 11.3 Å². The Morgan fingerprint density at radius 1 is 1.62 bits per heavy atom. The average molecular weight is 226 g/mol. The third-order valence-corrected chi connectivity index (χ3v) is 2.22. The van der Waals surface area contributed by atoms with Gasteiger partial charge in [0.05, 0.1) is 18.1 Å². The first-order chi connectivity index (χ1) is 7.52. The van der Waals surface area contributed by atoms with Gasteiger partial charge in [-0.15, -0.1) is 0 Å². The van der Waals surface area contributed by atoms with Crippen LogP contribution in [0, 0.1) is 6.92 Å². The number of aryl methyl sites for hydroxylation is 2. The lowest BCUT2D eigenvalue weighted by molar-refractivity contribution is 0.0669. The highest BCUT2D eigenvalue weighted by molar-refractivity contribution is 5.86. The molecule has 0 aliphatic heterocycles. The van der Waals surface area contributed by atoms with Crippen molar-refractivity contribution in [3.8, 4) is 0 Å². The number of carboxylic acid groups (broad SMARTS) is 1. The van der Waals surface area contributed by atoms with Crippen LogP contribution in [0.1, 0.15) is 36.5 Å². The maximum atomic E-state index is 11.0. The highest BCUT2D eigenvalue weighted by Crippen LogP contribution is 2.07. The minimum atomic E-state index is -0.931. The standard InChI is InChI=1S/C11H18N2O3/c1-8(2)16-6-4-5-13-7-12-9(3)10(13)11(14)15/h7-8H,4-6H2,1-3H3,(H,14,15). The summed E-state index contributed by atoms with van der Waals surface area (Å²) in [6, 6.07) is 0. The predicted molar refractivity (Wildman–Crippen MR) is 59.6 cm³/mol. The quantitative estimate of drug-likeness (QED) is 0.750. The van der Waals surface area contributed by atoms with E-state index < -0.39 is 5.97 Å². The van der Waals surface area contributed by atoms with E-state index in [-0.39, 0.29) is 11.8 Å². The first-order valence-corrected chi connectivity index (χ1v) is 5.39. The third kappa shape index (κ3) is 3.34. The summed E-state index contributed by atoms with van der Waals surface area (Å²) in [5, 5.41) is 8.99. The summed E-state index contributed by atoms with van der Waals surface area (Å²) < 4.78 is 7.04. The molecule has 0 unspecified atom stereocenters. The van der Waals surface area contributed by atoms with Crippen LogP contribution < -0.4 is 0 Å². The highest BCUT2D eigenvalue weighted by atomic mass is 16.5. The number of ether oxygens (including phenoxy) is 1. The van der Waals surface area contributed by atoms with Crippen LogP contribution in [-0.4, -0.2) is 33.3 Å². The van der Waals surface area contributed by atoms with E-state index in [4.69, 9.17) is 9.84 Å². The summed E-state index contributed by atoms with van der Waals surface area (Å²) in [5.74, 6) is -0.931. The lowest BCUT2D eigenvalue weighted by Gasteiger charge is -2.08. The molecule has 0 atom stereocenters. The molecule has 1 aromatic rings. The zero-order valence-electron chi connectivity index (χ0n) is 9.93. The van der Waals surface area contributed by atoms with E-state index in [0.29, 0.717) is 18.8 Å². The Balaban J connectivity index is 2.51. The van der Waals surface area contributed by atoms with E-state index in [2.05, 4.69) is 4.98 Å². The molecule has 1 rings (SSSR count). The second kappa shape index (κ2) is 5.65. The Morgan fingerprint density at radius 3 is 2.88 bits per heavy atom. The number of carbonyl (C=O) groups is 1. The summed E-state index contributed by atoms with van der Waals surface area (Å²) in [6.45, 7) is 6.90. The molecule has 0 radical (unpaired) electrons. The second-order valence-electron chi connectivity index (χ2n) is 3.95. The average Bonchev–Trinajstić information content (AvgIpc) is 2.54. The van der Waals surface area contributed by atoms with Gasteiger partial charge in [-0.25, -0.2) is 9.78 Å². The maximum absolute atomic E-state index is 11.0. The van der Waals surface area contributed by atoms with Gasteiger partial charge in [0.2, 0.25) is 0 Å². The summed E-state index contributed by atoms with van der Waals surface area (Å²) in [4.78, 5) is 14.9. The molecule has 5 nitrogen and oxygen atoms in total. The monoisotopic (exact) mass is 226 g/mol. The number of hydrogen-bond donors (Lipinski definition) is 1. The molecule has 0 amide bonds. The topological polar surface area (TPSA) is 64.4 Å². The van der Waals surface area contributed by atoms with Gasteiger partial charge in [-0.2, -0.15) is 0 Å². The van der Waals surface area contributed by atoms with Gasteiger partial charge in [-0.1, -0.05) is 0 Å². The maximum Gasteiger partial charge on any atom is 0.354 e. The lowest BCUT2D eigenvalue weighted by Crippen LogP contribution is -2.12. The molecular weight excluding hydrogens is 208 g/mol. The number of rotatable bonds is 6. The van der Waals surface area contributed by atoms with Crippen molar-refractivity contribution in [2.45, 2.75) is 39.8 Å². The molecule has 0 aliphatic rings. The van der Waals surface area contributed by atoms with Gasteiger partial charge in [0.25, 0.3) is 0 Å². The molecular formula is C11H18N2O3. The predicted octanol–water partition coefficient (Wildman–Crippen LogP) is 1.70. The van der Waals surface area contributed by atoms with Gasteiger partial charge in [-0.05, 0) is 27.2 Å². The van der Waals surface area contributed by atoms with E-state index in [1.54, 1.807) is 17.8 Å². The Bertz CT molecular complexity index is 358. The molecule has 0 fully saturated rings. The van der Waals surface area contributed by atoms with Crippen molar-refractivity contribution in [1.29, 1.82) is 0 Å². The SMILES string of the molecule is Cc1ncn(CCCOC(C)C)c1C(=O)O. The molecule has 0 saturated heterocycles. The molecule has 0 spiro atoms. The minimum absolute atomic E-state index is 0.212. The number of hydrogen-bond acceptors (Lipinski definition) is 3. The molecule has 0 bridgehead atoms. The Labute approximate surface area is 95.1 Å².